The van der Waals surface area contributed by atoms with Gasteiger partial charge in [-0.25, -0.2) is 17.5 Å². The molecule has 2 fully saturated rings. The van der Waals surface area contributed by atoms with Crippen LogP contribution in [0.25, 0.3) is 0 Å². The van der Waals surface area contributed by atoms with Crippen molar-refractivity contribution in [2.45, 2.75) is 55.8 Å². The van der Waals surface area contributed by atoms with Crippen LogP contribution in [-0.2, 0) is 19.5 Å². The number of sulfonamides is 1. The summed E-state index contributed by atoms with van der Waals surface area (Å²) in [5.74, 6) is -0.934. The number of nitrogens with one attached hydrogen (secondary N) is 1. The Morgan fingerprint density at radius 1 is 1.30 bits per heavy atom. The normalized spacial score (nSPS) is 24.2. The second-order valence-electron chi connectivity index (χ2n) is 6.29. The predicted molar refractivity (Wildman–Crippen MR) is 83.0 cm³/mol. The largest absolute Gasteiger partial charge is 0.347 e. The lowest BCUT2D eigenvalue weighted by Crippen LogP contribution is -2.37. The van der Waals surface area contributed by atoms with Crippen molar-refractivity contribution in [3.63, 3.8) is 0 Å². The zero-order valence-electron chi connectivity index (χ0n) is 13.2. The molecule has 2 aliphatic rings. The van der Waals surface area contributed by atoms with Crippen LogP contribution < -0.4 is 4.72 Å². The van der Waals surface area contributed by atoms with Gasteiger partial charge < -0.3 is 9.47 Å². The third kappa shape index (κ3) is 3.74. The Bertz CT molecular complexity index is 671. The third-order valence-corrected chi connectivity index (χ3v) is 5.89. The number of halogens is 1. The van der Waals surface area contributed by atoms with Crippen LogP contribution in [0.15, 0.2) is 23.1 Å². The lowest BCUT2D eigenvalue weighted by atomic mass is 9.94. The molecule has 5 nitrogen and oxygen atoms in total. The first kappa shape index (κ1) is 16.8. The summed E-state index contributed by atoms with van der Waals surface area (Å²) in [6.07, 6.45) is 4.79. The van der Waals surface area contributed by atoms with Crippen LogP contribution in [0.5, 0.6) is 0 Å². The average molecular weight is 343 g/mol. The Labute approximate surface area is 136 Å². The molecule has 1 aromatic rings. The molecule has 0 bridgehead atoms. The second kappa shape index (κ2) is 6.47. The Hall–Kier alpha value is -1.02. The molecular weight excluding hydrogens is 321 g/mol. The van der Waals surface area contributed by atoms with Gasteiger partial charge in [-0.2, -0.15) is 0 Å². The lowest BCUT2D eigenvalue weighted by Gasteiger charge is -2.31. The highest BCUT2D eigenvalue weighted by molar-refractivity contribution is 7.89. The van der Waals surface area contributed by atoms with Crippen molar-refractivity contribution in [1.29, 1.82) is 0 Å². The highest BCUT2D eigenvalue weighted by Crippen LogP contribution is 2.37. The fourth-order valence-electron chi connectivity index (χ4n) is 3.14. The van der Waals surface area contributed by atoms with Gasteiger partial charge in [-0.1, -0.05) is 6.42 Å². The summed E-state index contributed by atoms with van der Waals surface area (Å²) < 4.78 is 52.1. The molecule has 1 aliphatic heterocycles. The first-order valence-corrected chi connectivity index (χ1v) is 9.46. The summed E-state index contributed by atoms with van der Waals surface area (Å²) >= 11 is 0. The van der Waals surface area contributed by atoms with Gasteiger partial charge in [0.25, 0.3) is 0 Å². The molecule has 1 spiro atoms. The molecule has 1 N–H and O–H groups in total. The lowest BCUT2D eigenvalue weighted by molar-refractivity contribution is -0.186. The van der Waals surface area contributed by atoms with E-state index in [4.69, 9.17) is 9.47 Å². The molecule has 1 aliphatic carbocycles. The molecule has 1 saturated heterocycles. The zero-order chi connectivity index (χ0) is 16.5. The van der Waals surface area contributed by atoms with Crippen molar-refractivity contribution in [2.24, 2.45) is 0 Å². The molecule has 3 rings (SSSR count). The molecule has 0 unspecified atom stereocenters. The minimum atomic E-state index is -3.68. The highest BCUT2D eigenvalue weighted by atomic mass is 32.2. The van der Waals surface area contributed by atoms with Crippen LogP contribution in [0.1, 0.15) is 37.7 Å². The molecule has 1 heterocycles. The molecule has 128 valence electrons. The van der Waals surface area contributed by atoms with E-state index in [2.05, 4.69) is 4.72 Å². The van der Waals surface area contributed by atoms with Gasteiger partial charge in [-0.3, -0.25) is 0 Å². The molecule has 23 heavy (non-hydrogen) atoms. The van der Waals surface area contributed by atoms with Gasteiger partial charge >= 0.3 is 0 Å². The van der Waals surface area contributed by atoms with Crippen molar-refractivity contribution in [3.05, 3.63) is 29.6 Å². The molecule has 0 amide bonds. The number of rotatable bonds is 4. The number of benzene rings is 1. The highest BCUT2D eigenvalue weighted by Gasteiger charge is 2.42. The van der Waals surface area contributed by atoms with Gasteiger partial charge in [0.2, 0.25) is 10.0 Å². The zero-order valence-corrected chi connectivity index (χ0v) is 14.0. The molecular formula is C16H22FNO4S. The van der Waals surface area contributed by atoms with E-state index in [1.165, 1.54) is 25.5 Å². The van der Waals surface area contributed by atoms with E-state index in [-0.39, 0.29) is 17.5 Å². The van der Waals surface area contributed by atoms with Gasteiger partial charge in [0.15, 0.2) is 5.79 Å². The van der Waals surface area contributed by atoms with Gasteiger partial charge in [0.05, 0.1) is 17.6 Å². The van der Waals surface area contributed by atoms with Crippen molar-refractivity contribution < 1.29 is 22.3 Å². The van der Waals surface area contributed by atoms with E-state index in [0.717, 1.165) is 31.7 Å². The fourth-order valence-corrected chi connectivity index (χ4v) is 4.29. The first-order chi connectivity index (χ1) is 10.9. The predicted octanol–water partition coefficient (Wildman–Crippen LogP) is 2.49. The SMILES string of the molecule is Cc1cc(S(=O)(=O)NC[C@@H]2COC3(CCCCC3)O2)ccc1F. The van der Waals surface area contributed by atoms with E-state index < -0.39 is 21.6 Å². The summed E-state index contributed by atoms with van der Waals surface area (Å²) in [5.41, 5.74) is 0.300. The van der Waals surface area contributed by atoms with Crippen molar-refractivity contribution in [3.8, 4) is 0 Å². The number of ether oxygens (including phenoxy) is 2. The maximum Gasteiger partial charge on any atom is 0.240 e. The standard InChI is InChI=1S/C16H22FNO4S/c1-12-9-14(5-6-15(12)17)23(19,20)18-10-13-11-21-16(22-13)7-3-2-4-8-16/h5-6,9,13,18H,2-4,7-8,10-11H2,1H3/t13-/m1/s1. The molecule has 0 aromatic heterocycles. The van der Waals surface area contributed by atoms with Crippen LogP contribution in [0, 0.1) is 12.7 Å². The number of aryl methyl sites for hydroxylation is 1. The molecule has 0 radical (unpaired) electrons. The molecule has 1 atom stereocenters. The van der Waals surface area contributed by atoms with Gasteiger partial charge in [-0.15, -0.1) is 0 Å². The maximum absolute atomic E-state index is 13.3. The Morgan fingerprint density at radius 3 is 2.74 bits per heavy atom. The average Bonchev–Trinajstić information content (AvgIpc) is 2.91. The fraction of sp³-hybridized carbons (Fsp3) is 0.625. The Morgan fingerprint density at radius 2 is 2.04 bits per heavy atom. The van der Waals surface area contributed by atoms with Crippen LogP contribution in [-0.4, -0.2) is 33.5 Å². The van der Waals surface area contributed by atoms with Gasteiger partial charge in [-0.05, 0) is 43.5 Å². The summed E-state index contributed by atoms with van der Waals surface area (Å²) in [6.45, 7) is 2.08. The second-order valence-corrected chi connectivity index (χ2v) is 8.05. The van der Waals surface area contributed by atoms with Crippen LogP contribution >= 0.6 is 0 Å². The van der Waals surface area contributed by atoms with Gasteiger partial charge in [0, 0.05) is 19.4 Å². The summed E-state index contributed by atoms with van der Waals surface area (Å²) in [6, 6.07) is 3.75. The summed E-state index contributed by atoms with van der Waals surface area (Å²) in [7, 11) is -3.68. The summed E-state index contributed by atoms with van der Waals surface area (Å²) in [4.78, 5) is 0.0581. The molecule has 7 heteroatoms. The van der Waals surface area contributed by atoms with E-state index in [9.17, 15) is 12.8 Å². The van der Waals surface area contributed by atoms with Crippen molar-refractivity contribution in [1.82, 2.24) is 4.72 Å². The van der Waals surface area contributed by atoms with Gasteiger partial charge in [0.1, 0.15) is 5.82 Å². The monoisotopic (exact) mass is 343 g/mol. The van der Waals surface area contributed by atoms with Crippen molar-refractivity contribution >= 4 is 10.0 Å². The smallest absolute Gasteiger partial charge is 0.240 e. The number of hydrogen-bond donors (Lipinski definition) is 1. The van der Waals surface area contributed by atoms with Crippen LogP contribution in [0.2, 0.25) is 0 Å². The Balaban J connectivity index is 1.60. The minimum Gasteiger partial charge on any atom is -0.347 e. The van der Waals surface area contributed by atoms with E-state index in [1.807, 2.05) is 0 Å². The minimum absolute atomic E-state index is 0.0581. The van der Waals surface area contributed by atoms with E-state index in [0.29, 0.717) is 12.2 Å². The third-order valence-electron chi connectivity index (χ3n) is 4.47. The van der Waals surface area contributed by atoms with Crippen LogP contribution in [0.3, 0.4) is 0 Å². The quantitative estimate of drug-likeness (QED) is 0.912. The maximum atomic E-state index is 13.3. The van der Waals surface area contributed by atoms with E-state index >= 15 is 0 Å². The summed E-state index contributed by atoms with van der Waals surface area (Å²) in [5, 5.41) is 0. The van der Waals surface area contributed by atoms with Crippen molar-refractivity contribution in [2.75, 3.05) is 13.2 Å². The first-order valence-electron chi connectivity index (χ1n) is 7.98. The molecule has 1 aromatic carbocycles. The molecule has 1 saturated carbocycles. The van der Waals surface area contributed by atoms with E-state index in [1.54, 1.807) is 0 Å². The topological polar surface area (TPSA) is 64.6 Å². The van der Waals surface area contributed by atoms with Crippen LogP contribution in [0.4, 0.5) is 4.39 Å². The Kier molecular flexibility index (Phi) is 4.73. The number of hydrogen-bond acceptors (Lipinski definition) is 4.